The third kappa shape index (κ3) is 3.56. The second-order valence-corrected chi connectivity index (χ2v) is 8.17. The molecule has 0 saturated heterocycles. The largest absolute Gasteiger partial charge is 0.396 e. The zero-order valence-electron chi connectivity index (χ0n) is 17.6. The van der Waals surface area contributed by atoms with Gasteiger partial charge in [0.15, 0.2) is 5.82 Å². The van der Waals surface area contributed by atoms with E-state index in [9.17, 15) is 23.5 Å². The molecule has 1 aromatic heterocycles. The molecule has 0 saturated carbocycles. The van der Waals surface area contributed by atoms with Crippen LogP contribution in [0.4, 0.5) is 25.0 Å². The Morgan fingerprint density at radius 2 is 2.12 bits per heavy atom. The summed E-state index contributed by atoms with van der Waals surface area (Å²) in [5, 5.41) is 16.6. The number of amides is 3. The number of aliphatic hydroxyl groups is 1. The number of hydrogen-bond acceptors (Lipinski definition) is 4. The lowest BCUT2D eigenvalue weighted by molar-refractivity contribution is 0.0761. The second-order valence-electron chi connectivity index (χ2n) is 8.17. The fourth-order valence-electron chi connectivity index (χ4n) is 4.23. The Morgan fingerprint density at radius 1 is 1.38 bits per heavy atom. The topological polar surface area (TPSA) is 95.1 Å². The molecule has 3 amide bonds. The predicted molar refractivity (Wildman–Crippen MR) is 110 cm³/mol. The minimum Gasteiger partial charge on any atom is -0.396 e. The number of nitrogens with zero attached hydrogens (tertiary/aromatic N) is 5. The van der Waals surface area contributed by atoms with E-state index in [1.54, 1.807) is 11.7 Å². The molecule has 2 aromatic rings. The minimum absolute atomic E-state index is 0.0810. The number of aromatic nitrogens is 2. The number of carbonyl (C=O) groups is 2. The standard InChI is InChI=1S/C21H22F2N6O3/c1-11-6-16-13(19-20(31)27(3)7-12(10-30)8-29(19)26-16)9-28(11)21(32)25-15-5-4-14(22)18(24-2)17(15)23/h4-5,11-12,30H,6-10H2,1,3H3,(H,25,32). The fraction of sp³-hybridized carbons (Fsp3) is 0.429. The number of urea groups is 1. The molecular weight excluding hydrogens is 422 g/mol. The lowest BCUT2D eigenvalue weighted by atomic mass is 9.99. The number of hydrogen-bond donors (Lipinski definition) is 2. The maximum atomic E-state index is 14.4. The molecule has 2 N–H and O–H groups in total. The molecule has 11 heteroatoms. The van der Waals surface area contributed by atoms with Crippen molar-refractivity contribution in [1.29, 1.82) is 0 Å². The smallest absolute Gasteiger partial charge is 0.322 e. The van der Waals surface area contributed by atoms with Crippen molar-refractivity contribution in [3.05, 3.63) is 52.1 Å². The summed E-state index contributed by atoms with van der Waals surface area (Å²) in [7, 11) is 1.65. The molecule has 0 spiro atoms. The molecule has 3 heterocycles. The number of rotatable bonds is 2. The van der Waals surface area contributed by atoms with E-state index in [0.29, 0.717) is 36.5 Å². The number of nitrogens with one attached hydrogen (secondary N) is 1. The Bertz CT molecular complexity index is 1140. The summed E-state index contributed by atoms with van der Waals surface area (Å²) >= 11 is 0. The molecule has 2 aliphatic rings. The van der Waals surface area contributed by atoms with Gasteiger partial charge in [-0.25, -0.2) is 18.4 Å². The van der Waals surface area contributed by atoms with Gasteiger partial charge in [-0.3, -0.25) is 9.48 Å². The Balaban J connectivity index is 1.63. The van der Waals surface area contributed by atoms with Crippen LogP contribution in [0.3, 0.4) is 0 Å². The number of fused-ring (bicyclic) bond motifs is 3. The van der Waals surface area contributed by atoms with Crippen molar-refractivity contribution in [2.45, 2.75) is 32.5 Å². The van der Waals surface area contributed by atoms with Crippen molar-refractivity contribution >= 4 is 23.3 Å². The van der Waals surface area contributed by atoms with Gasteiger partial charge in [-0.15, -0.1) is 0 Å². The van der Waals surface area contributed by atoms with Crippen molar-refractivity contribution in [3.8, 4) is 0 Å². The van der Waals surface area contributed by atoms with Crippen molar-refractivity contribution in [2.75, 3.05) is 25.5 Å². The molecule has 4 rings (SSSR count). The van der Waals surface area contributed by atoms with Crippen molar-refractivity contribution in [3.63, 3.8) is 0 Å². The fourth-order valence-corrected chi connectivity index (χ4v) is 4.23. The van der Waals surface area contributed by atoms with E-state index in [2.05, 4.69) is 15.3 Å². The van der Waals surface area contributed by atoms with Gasteiger partial charge in [0.05, 0.1) is 24.5 Å². The molecule has 0 radical (unpaired) electrons. The van der Waals surface area contributed by atoms with E-state index in [0.717, 1.165) is 12.1 Å². The van der Waals surface area contributed by atoms with Crippen LogP contribution >= 0.6 is 0 Å². The monoisotopic (exact) mass is 444 g/mol. The molecule has 9 nitrogen and oxygen atoms in total. The summed E-state index contributed by atoms with van der Waals surface area (Å²) < 4.78 is 29.6. The first-order valence-corrected chi connectivity index (χ1v) is 10.1. The summed E-state index contributed by atoms with van der Waals surface area (Å²) in [6.45, 7) is 9.51. The van der Waals surface area contributed by atoms with Gasteiger partial charge in [-0.05, 0) is 19.1 Å². The molecule has 2 unspecified atom stereocenters. The summed E-state index contributed by atoms with van der Waals surface area (Å²) in [6.07, 6.45) is 0.392. The van der Waals surface area contributed by atoms with Gasteiger partial charge < -0.3 is 20.2 Å². The van der Waals surface area contributed by atoms with Crippen molar-refractivity contribution in [2.24, 2.45) is 5.92 Å². The Morgan fingerprint density at radius 3 is 2.81 bits per heavy atom. The number of aliphatic hydroxyl groups excluding tert-OH is 1. The number of benzene rings is 1. The molecule has 1 aromatic carbocycles. The lowest BCUT2D eigenvalue weighted by Crippen LogP contribution is -2.45. The Labute approximate surface area is 183 Å². The Kier molecular flexibility index (Phi) is 5.56. The van der Waals surface area contributed by atoms with Crippen molar-refractivity contribution in [1.82, 2.24) is 19.6 Å². The van der Waals surface area contributed by atoms with Crippen LogP contribution in [0.15, 0.2) is 12.1 Å². The average molecular weight is 444 g/mol. The van der Waals surface area contributed by atoms with E-state index in [-0.39, 0.29) is 36.7 Å². The van der Waals surface area contributed by atoms with Crippen LogP contribution in [0.25, 0.3) is 4.85 Å². The molecule has 168 valence electrons. The summed E-state index contributed by atoms with van der Waals surface area (Å²) in [6, 6.07) is 1.06. The maximum absolute atomic E-state index is 14.4. The molecule has 32 heavy (non-hydrogen) atoms. The van der Waals surface area contributed by atoms with Crippen LogP contribution in [-0.4, -0.2) is 62.9 Å². The predicted octanol–water partition coefficient (Wildman–Crippen LogP) is 2.38. The highest BCUT2D eigenvalue weighted by Crippen LogP contribution is 2.31. The zero-order valence-corrected chi connectivity index (χ0v) is 17.6. The van der Waals surface area contributed by atoms with E-state index in [4.69, 9.17) is 6.57 Å². The summed E-state index contributed by atoms with van der Waals surface area (Å²) in [5.41, 5.74) is 0.628. The maximum Gasteiger partial charge on any atom is 0.322 e. The van der Waals surface area contributed by atoms with E-state index >= 15 is 0 Å². The second kappa shape index (κ2) is 8.20. The first kappa shape index (κ1) is 21.7. The molecule has 0 aliphatic carbocycles. The van der Waals surface area contributed by atoms with Crippen LogP contribution in [-0.2, 0) is 19.5 Å². The first-order valence-electron chi connectivity index (χ1n) is 10.1. The average Bonchev–Trinajstić information content (AvgIpc) is 3.04. The highest BCUT2D eigenvalue weighted by atomic mass is 19.1. The molecular formula is C21H22F2N6O3. The van der Waals surface area contributed by atoms with Crippen LogP contribution in [0, 0.1) is 24.1 Å². The van der Waals surface area contributed by atoms with Gasteiger partial charge in [0.25, 0.3) is 11.6 Å². The third-order valence-corrected chi connectivity index (χ3v) is 5.93. The van der Waals surface area contributed by atoms with E-state index in [1.807, 2.05) is 6.92 Å². The molecule has 2 aliphatic heterocycles. The first-order chi connectivity index (χ1) is 15.2. The third-order valence-electron chi connectivity index (χ3n) is 5.93. The van der Waals surface area contributed by atoms with Gasteiger partial charge in [-0.1, -0.05) is 0 Å². The highest BCUT2D eigenvalue weighted by molar-refractivity contribution is 5.95. The van der Waals surface area contributed by atoms with Gasteiger partial charge in [0.1, 0.15) is 11.5 Å². The zero-order chi connectivity index (χ0) is 23.2. The van der Waals surface area contributed by atoms with Crippen LogP contribution in [0.2, 0.25) is 0 Å². The summed E-state index contributed by atoms with van der Waals surface area (Å²) in [5.74, 6) is -2.53. The summed E-state index contributed by atoms with van der Waals surface area (Å²) in [4.78, 5) is 31.7. The minimum atomic E-state index is -1.13. The van der Waals surface area contributed by atoms with E-state index < -0.39 is 23.4 Å². The van der Waals surface area contributed by atoms with Gasteiger partial charge >= 0.3 is 6.03 Å². The molecule has 2 atom stereocenters. The Hall–Kier alpha value is -3.52. The molecule has 0 bridgehead atoms. The molecule has 0 fully saturated rings. The van der Waals surface area contributed by atoms with Crippen molar-refractivity contribution < 1.29 is 23.5 Å². The lowest BCUT2D eigenvalue weighted by Gasteiger charge is -2.33. The number of halogens is 2. The number of anilines is 1. The van der Waals surface area contributed by atoms with E-state index in [1.165, 1.54) is 9.80 Å². The SMILES string of the molecule is [C-]#[N+]c1c(F)ccc(NC(=O)N2Cc3c(nn4c3C(=O)N(C)CC(CO)C4)CC2C)c1F. The van der Waals surface area contributed by atoms with Crippen LogP contribution in [0.5, 0.6) is 0 Å². The normalized spacial score (nSPS) is 20.3. The van der Waals surface area contributed by atoms with Gasteiger partial charge in [0.2, 0.25) is 0 Å². The van der Waals surface area contributed by atoms with Crippen LogP contribution < -0.4 is 5.32 Å². The number of carbonyl (C=O) groups excluding carboxylic acids is 2. The van der Waals surface area contributed by atoms with Gasteiger partial charge in [0, 0.05) is 50.7 Å². The van der Waals surface area contributed by atoms with Gasteiger partial charge in [-0.2, -0.15) is 5.10 Å². The quantitative estimate of drug-likeness (QED) is 0.696. The van der Waals surface area contributed by atoms with Crippen LogP contribution in [0.1, 0.15) is 28.7 Å². The highest BCUT2D eigenvalue weighted by Gasteiger charge is 2.37.